The number of rotatable bonds is 2. The van der Waals surface area contributed by atoms with Crippen LogP contribution < -0.4 is 10.9 Å². The summed E-state index contributed by atoms with van der Waals surface area (Å²) in [5.74, 6) is -0.147. The van der Waals surface area contributed by atoms with Crippen LogP contribution in [0, 0.1) is 0 Å². The second-order valence-corrected chi connectivity index (χ2v) is 8.51. The second kappa shape index (κ2) is 8.01. The van der Waals surface area contributed by atoms with E-state index in [9.17, 15) is 9.90 Å². The van der Waals surface area contributed by atoms with Crippen molar-refractivity contribution in [1.82, 2.24) is 4.98 Å². The summed E-state index contributed by atoms with van der Waals surface area (Å²) in [5.41, 5.74) is 3.14. The van der Waals surface area contributed by atoms with E-state index in [2.05, 4.69) is 10.3 Å². The molecular formula is C27H18ClN3O3. The van der Waals surface area contributed by atoms with Gasteiger partial charge in [-0.05, 0) is 36.4 Å². The first-order chi connectivity index (χ1) is 16.6. The molecule has 2 N–H and O–H groups in total. The first-order valence-electron chi connectivity index (χ1n) is 10.8. The van der Waals surface area contributed by atoms with Crippen molar-refractivity contribution < 1.29 is 9.52 Å². The van der Waals surface area contributed by atoms with Gasteiger partial charge in [0.2, 0.25) is 0 Å². The summed E-state index contributed by atoms with van der Waals surface area (Å²) >= 11 is 6.63. The second-order valence-electron chi connectivity index (χ2n) is 8.15. The fraction of sp³-hybridized carbons (Fsp3) is 0.0741. The molecule has 3 heterocycles. The largest absolute Gasteiger partial charge is 0.506 e. The highest BCUT2D eigenvalue weighted by atomic mass is 35.5. The van der Waals surface area contributed by atoms with Gasteiger partial charge in [0.1, 0.15) is 22.0 Å². The summed E-state index contributed by atoms with van der Waals surface area (Å²) in [4.78, 5) is 22.3. The summed E-state index contributed by atoms with van der Waals surface area (Å²) in [6, 6.07) is 23.8. The van der Waals surface area contributed by atoms with Gasteiger partial charge in [-0.3, -0.25) is 4.99 Å². The molecular weight excluding hydrogens is 450 g/mol. The van der Waals surface area contributed by atoms with Crippen molar-refractivity contribution in [3.8, 4) is 5.75 Å². The number of nitrogens with zero attached hydrogens (tertiary/aromatic N) is 2. The van der Waals surface area contributed by atoms with Gasteiger partial charge < -0.3 is 14.8 Å². The number of para-hydroxylation sites is 4. The monoisotopic (exact) mass is 467 g/mol. The van der Waals surface area contributed by atoms with Gasteiger partial charge in [0.15, 0.2) is 0 Å². The highest BCUT2D eigenvalue weighted by Crippen LogP contribution is 2.39. The number of benzene rings is 3. The van der Waals surface area contributed by atoms with Gasteiger partial charge in [0.05, 0.1) is 34.0 Å². The molecule has 0 fully saturated rings. The number of nitrogens with one attached hydrogen (secondary N) is 1. The molecule has 2 aromatic heterocycles. The standard InChI is InChI=1S/C27H18ClN3O3/c28-26-17(13-15-7-1-3-9-18(15)31-26)21-14-22(30-20-11-5-4-10-19(20)29-21)24-25(32)16-8-2-6-12-23(16)34-27(24)33/h1-13,21,29,32H,14H2. The number of halogens is 1. The minimum Gasteiger partial charge on any atom is -0.506 e. The molecule has 1 aliphatic heterocycles. The van der Waals surface area contributed by atoms with Crippen molar-refractivity contribution in [1.29, 1.82) is 0 Å². The van der Waals surface area contributed by atoms with Crippen LogP contribution in [0.3, 0.4) is 0 Å². The van der Waals surface area contributed by atoms with E-state index in [1.165, 1.54) is 0 Å². The molecule has 5 aromatic rings. The zero-order valence-corrected chi connectivity index (χ0v) is 18.6. The van der Waals surface area contributed by atoms with Crippen molar-refractivity contribution in [3.05, 3.63) is 106 Å². The highest BCUT2D eigenvalue weighted by molar-refractivity contribution is 6.30. The van der Waals surface area contributed by atoms with Crippen LogP contribution in [0.15, 0.2) is 93.1 Å². The van der Waals surface area contributed by atoms with Crippen LogP contribution in [-0.2, 0) is 0 Å². The van der Waals surface area contributed by atoms with E-state index in [1.54, 1.807) is 24.3 Å². The molecule has 7 heteroatoms. The third kappa shape index (κ3) is 3.40. The molecule has 0 radical (unpaired) electrons. The molecule has 0 amide bonds. The first-order valence-corrected chi connectivity index (χ1v) is 11.2. The third-order valence-electron chi connectivity index (χ3n) is 6.04. The number of aromatic nitrogens is 1. The van der Waals surface area contributed by atoms with Crippen LogP contribution in [-0.4, -0.2) is 15.8 Å². The Morgan fingerprint density at radius 3 is 2.68 bits per heavy atom. The van der Waals surface area contributed by atoms with Crippen molar-refractivity contribution in [2.45, 2.75) is 12.5 Å². The maximum atomic E-state index is 13.0. The molecule has 0 aliphatic carbocycles. The summed E-state index contributed by atoms with van der Waals surface area (Å²) in [5, 5.41) is 16.3. The average molecular weight is 468 g/mol. The molecule has 0 saturated carbocycles. The number of anilines is 1. The zero-order valence-electron chi connectivity index (χ0n) is 17.8. The number of aromatic hydroxyl groups is 1. The van der Waals surface area contributed by atoms with Crippen LogP contribution >= 0.6 is 11.6 Å². The molecule has 0 spiro atoms. The van der Waals surface area contributed by atoms with E-state index in [-0.39, 0.29) is 23.8 Å². The number of hydrogen-bond acceptors (Lipinski definition) is 6. The third-order valence-corrected chi connectivity index (χ3v) is 6.34. The van der Waals surface area contributed by atoms with Crippen LogP contribution in [0.25, 0.3) is 21.9 Å². The molecule has 3 aromatic carbocycles. The summed E-state index contributed by atoms with van der Waals surface area (Å²) in [7, 11) is 0. The Morgan fingerprint density at radius 2 is 1.76 bits per heavy atom. The van der Waals surface area contributed by atoms with Gasteiger partial charge >= 0.3 is 5.63 Å². The molecule has 6 nitrogen and oxygen atoms in total. The van der Waals surface area contributed by atoms with E-state index in [0.29, 0.717) is 27.5 Å². The topological polar surface area (TPSA) is 87.7 Å². The van der Waals surface area contributed by atoms with Gasteiger partial charge in [-0.2, -0.15) is 0 Å². The lowest BCUT2D eigenvalue weighted by Crippen LogP contribution is -2.20. The predicted molar refractivity (Wildman–Crippen MR) is 135 cm³/mol. The minimum atomic E-state index is -0.643. The SMILES string of the molecule is O=c1oc2ccccc2c(O)c1C1=Nc2ccccc2NC(c2cc3ccccc3nc2Cl)C1. The average Bonchev–Trinajstić information content (AvgIpc) is 3.03. The highest BCUT2D eigenvalue weighted by Gasteiger charge is 2.28. The van der Waals surface area contributed by atoms with E-state index in [1.807, 2.05) is 54.6 Å². The van der Waals surface area contributed by atoms with E-state index in [4.69, 9.17) is 21.0 Å². The molecule has 1 aliphatic rings. The van der Waals surface area contributed by atoms with Crippen LogP contribution in [0.5, 0.6) is 5.75 Å². The van der Waals surface area contributed by atoms with Crippen LogP contribution in [0.4, 0.5) is 11.4 Å². The predicted octanol–water partition coefficient (Wildman–Crippen LogP) is 6.38. The van der Waals surface area contributed by atoms with Gasteiger partial charge in [0, 0.05) is 17.4 Å². The van der Waals surface area contributed by atoms with Crippen molar-refractivity contribution >= 4 is 50.6 Å². The van der Waals surface area contributed by atoms with E-state index < -0.39 is 5.63 Å². The van der Waals surface area contributed by atoms with E-state index in [0.717, 1.165) is 22.2 Å². The molecule has 6 rings (SSSR count). The Kier molecular flexibility index (Phi) is 4.81. The number of pyridine rings is 1. The Balaban J connectivity index is 1.56. The lowest BCUT2D eigenvalue weighted by Gasteiger charge is -2.20. The molecule has 1 unspecified atom stereocenters. The smallest absolute Gasteiger partial charge is 0.349 e. The maximum Gasteiger partial charge on any atom is 0.349 e. The van der Waals surface area contributed by atoms with Gasteiger partial charge in [-0.1, -0.05) is 54.1 Å². The Bertz CT molecular complexity index is 1680. The van der Waals surface area contributed by atoms with Gasteiger partial charge in [0.25, 0.3) is 0 Å². The first kappa shape index (κ1) is 20.4. The lowest BCUT2D eigenvalue weighted by atomic mass is 9.97. The van der Waals surface area contributed by atoms with Crippen LogP contribution in [0.1, 0.15) is 23.6 Å². The summed E-state index contributed by atoms with van der Waals surface area (Å²) in [6.45, 7) is 0. The van der Waals surface area contributed by atoms with Crippen molar-refractivity contribution in [3.63, 3.8) is 0 Å². The lowest BCUT2D eigenvalue weighted by molar-refractivity contribution is 0.466. The number of fused-ring (bicyclic) bond motifs is 3. The molecule has 166 valence electrons. The molecule has 0 saturated heterocycles. The van der Waals surface area contributed by atoms with Gasteiger partial charge in [-0.15, -0.1) is 0 Å². The Labute approximate surface area is 199 Å². The normalized spacial score (nSPS) is 15.4. The maximum absolute atomic E-state index is 13.0. The quantitative estimate of drug-likeness (QED) is 0.232. The summed E-state index contributed by atoms with van der Waals surface area (Å²) in [6.07, 6.45) is 0.283. The minimum absolute atomic E-state index is 0.0482. The fourth-order valence-corrected chi connectivity index (χ4v) is 4.68. The molecule has 1 atom stereocenters. The fourth-order valence-electron chi connectivity index (χ4n) is 4.40. The van der Waals surface area contributed by atoms with Crippen molar-refractivity contribution in [2.24, 2.45) is 4.99 Å². The number of aliphatic imine (C=N–C) groups is 1. The van der Waals surface area contributed by atoms with Gasteiger partial charge in [-0.25, -0.2) is 9.78 Å². The summed E-state index contributed by atoms with van der Waals surface area (Å²) < 4.78 is 5.52. The Morgan fingerprint density at radius 1 is 1.00 bits per heavy atom. The molecule has 34 heavy (non-hydrogen) atoms. The van der Waals surface area contributed by atoms with Crippen molar-refractivity contribution in [2.75, 3.05) is 5.32 Å². The van der Waals surface area contributed by atoms with E-state index >= 15 is 0 Å². The van der Waals surface area contributed by atoms with Crippen LogP contribution in [0.2, 0.25) is 5.15 Å². The number of hydrogen-bond donors (Lipinski definition) is 2. The Hall–Kier alpha value is -4.16. The molecule has 0 bridgehead atoms. The zero-order chi connectivity index (χ0) is 23.2.